The van der Waals surface area contributed by atoms with E-state index in [-0.39, 0.29) is 0 Å². The van der Waals surface area contributed by atoms with Gasteiger partial charge in [0.1, 0.15) is 5.52 Å². The first kappa shape index (κ1) is 18.9. The first-order valence-electron chi connectivity index (χ1n) is 8.53. The maximum Gasteiger partial charge on any atom is 0.313 e. The van der Waals surface area contributed by atoms with Crippen molar-refractivity contribution >= 4 is 28.6 Å². The molecule has 0 saturated heterocycles. The number of carbonyl (C=O) groups excluding carboxylic acids is 2. The lowest BCUT2D eigenvalue weighted by Crippen LogP contribution is -2.36. The Balaban J connectivity index is 1.75. The standard InChI is InChI=1S/C18H26N4O3/c1-12(2)22(4)10-6-5-9-19-17(23)18(24)21-14-7-8-15-16(11-14)25-13(3)20-15/h7-8,11-12H,5-6,9-10H2,1-4H3,(H,19,23)(H,21,24). The first-order valence-corrected chi connectivity index (χ1v) is 8.53. The van der Waals surface area contributed by atoms with Gasteiger partial charge in [0.2, 0.25) is 0 Å². The van der Waals surface area contributed by atoms with Crippen molar-refractivity contribution in [2.45, 2.75) is 39.7 Å². The van der Waals surface area contributed by atoms with Crippen molar-refractivity contribution in [3.63, 3.8) is 0 Å². The van der Waals surface area contributed by atoms with Crippen LogP contribution in [0.25, 0.3) is 11.1 Å². The van der Waals surface area contributed by atoms with Gasteiger partial charge in [-0.05, 0) is 52.4 Å². The van der Waals surface area contributed by atoms with Crippen molar-refractivity contribution in [2.75, 3.05) is 25.5 Å². The summed E-state index contributed by atoms with van der Waals surface area (Å²) < 4.78 is 5.41. The summed E-state index contributed by atoms with van der Waals surface area (Å²) >= 11 is 0. The molecule has 0 aliphatic heterocycles. The van der Waals surface area contributed by atoms with Gasteiger partial charge in [-0.1, -0.05) is 0 Å². The average molecular weight is 346 g/mol. The molecule has 1 heterocycles. The van der Waals surface area contributed by atoms with E-state index in [0.717, 1.165) is 19.4 Å². The van der Waals surface area contributed by atoms with E-state index in [2.05, 4.69) is 41.4 Å². The summed E-state index contributed by atoms with van der Waals surface area (Å²) in [6.45, 7) is 7.49. The van der Waals surface area contributed by atoms with Gasteiger partial charge in [-0.25, -0.2) is 4.98 Å². The molecule has 0 saturated carbocycles. The van der Waals surface area contributed by atoms with Gasteiger partial charge in [-0.2, -0.15) is 0 Å². The van der Waals surface area contributed by atoms with Crippen LogP contribution in [0, 0.1) is 6.92 Å². The average Bonchev–Trinajstić information content (AvgIpc) is 2.93. The number of benzene rings is 1. The number of oxazole rings is 1. The zero-order chi connectivity index (χ0) is 18.4. The quantitative estimate of drug-likeness (QED) is 0.593. The zero-order valence-corrected chi connectivity index (χ0v) is 15.3. The third kappa shape index (κ3) is 5.56. The molecule has 2 rings (SSSR count). The van der Waals surface area contributed by atoms with E-state index in [1.54, 1.807) is 25.1 Å². The Morgan fingerprint density at radius 2 is 2.00 bits per heavy atom. The normalized spacial score (nSPS) is 11.3. The molecule has 2 amide bonds. The molecule has 0 bridgehead atoms. The molecule has 2 N–H and O–H groups in total. The van der Waals surface area contributed by atoms with E-state index < -0.39 is 11.8 Å². The summed E-state index contributed by atoms with van der Waals surface area (Å²) in [5.74, 6) is -0.764. The highest BCUT2D eigenvalue weighted by Crippen LogP contribution is 2.19. The van der Waals surface area contributed by atoms with Crippen molar-refractivity contribution in [1.29, 1.82) is 0 Å². The molecule has 1 aromatic heterocycles. The van der Waals surface area contributed by atoms with E-state index in [0.29, 0.717) is 35.3 Å². The van der Waals surface area contributed by atoms with Gasteiger partial charge >= 0.3 is 11.8 Å². The van der Waals surface area contributed by atoms with Crippen LogP contribution in [-0.4, -0.2) is 47.9 Å². The molecule has 0 aliphatic carbocycles. The van der Waals surface area contributed by atoms with Crippen molar-refractivity contribution < 1.29 is 14.0 Å². The number of nitrogens with zero attached hydrogens (tertiary/aromatic N) is 2. The fourth-order valence-electron chi connectivity index (χ4n) is 2.33. The molecule has 0 atom stereocenters. The summed E-state index contributed by atoms with van der Waals surface area (Å²) in [5, 5.41) is 5.21. The van der Waals surface area contributed by atoms with Gasteiger partial charge in [-0.15, -0.1) is 0 Å². The topological polar surface area (TPSA) is 87.5 Å². The molecule has 0 unspecified atom stereocenters. The lowest BCUT2D eigenvalue weighted by molar-refractivity contribution is -0.136. The largest absolute Gasteiger partial charge is 0.441 e. The van der Waals surface area contributed by atoms with Crippen molar-refractivity contribution in [3.8, 4) is 0 Å². The zero-order valence-electron chi connectivity index (χ0n) is 15.3. The van der Waals surface area contributed by atoms with Crippen LogP contribution in [0.1, 0.15) is 32.6 Å². The summed E-state index contributed by atoms with van der Waals surface area (Å²) in [4.78, 5) is 30.2. The van der Waals surface area contributed by atoms with Crippen LogP contribution in [0.15, 0.2) is 22.6 Å². The second-order valence-corrected chi connectivity index (χ2v) is 6.41. The van der Waals surface area contributed by atoms with Crippen LogP contribution >= 0.6 is 0 Å². The SMILES string of the molecule is Cc1nc2ccc(NC(=O)C(=O)NCCCCN(C)C(C)C)cc2o1. The van der Waals surface area contributed by atoms with Crippen LogP contribution in [0.5, 0.6) is 0 Å². The minimum atomic E-state index is -0.685. The highest BCUT2D eigenvalue weighted by molar-refractivity contribution is 6.39. The number of hydrogen-bond donors (Lipinski definition) is 2. The molecule has 25 heavy (non-hydrogen) atoms. The number of amides is 2. The van der Waals surface area contributed by atoms with Crippen molar-refractivity contribution in [1.82, 2.24) is 15.2 Å². The van der Waals surface area contributed by atoms with Crippen molar-refractivity contribution in [3.05, 3.63) is 24.1 Å². The Bertz CT molecular complexity index is 739. The number of carbonyl (C=O) groups is 2. The number of aromatic nitrogens is 1. The van der Waals surface area contributed by atoms with Crippen LogP contribution < -0.4 is 10.6 Å². The van der Waals surface area contributed by atoms with E-state index in [1.807, 2.05) is 0 Å². The number of nitrogens with one attached hydrogen (secondary N) is 2. The molecule has 0 aliphatic rings. The number of unbranched alkanes of at least 4 members (excludes halogenated alkanes) is 1. The predicted octanol–water partition coefficient (Wildman–Crippen LogP) is 2.31. The number of rotatable bonds is 7. The number of fused-ring (bicyclic) bond motifs is 1. The van der Waals surface area contributed by atoms with Gasteiger partial charge in [-0.3, -0.25) is 9.59 Å². The van der Waals surface area contributed by atoms with E-state index in [4.69, 9.17) is 4.42 Å². The predicted molar refractivity (Wildman–Crippen MR) is 97.4 cm³/mol. The van der Waals surface area contributed by atoms with Gasteiger partial charge in [0.05, 0.1) is 0 Å². The van der Waals surface area contributed by atoms with E-state index in [9.17, 15) is 9.59 Å². The fraction of sp³-hybridized carbons (Fsp3) is 0.500. The number of aryl methyl sites for hydroxylation is 1. The molecule has 2 aromatic rings. The lowest BCUT2D eigenvalue weighted by Gasteiger charge is -2.20. The Hall–Kier alpha value is -2.41. The highest BCUT2D eigenvalue weighted by atomic mass is 16.3. The smallest absolute Gasteiger partial charge is 0.313 e. The third-order valence-electron chi connectivity index (χ3n) is 4.06. The van der Waals surface area contributed by atoms with Crippen LogP contribution in [0.2, 0.25) is 0 Å². The Labute approximate surface area is 147 Å². The van der Waals surface area contributed by atoms with Gasteiger partial charge in [0, 0.05) is 31.3 Å². The highest BCUT2D eigenvalue weighted by Gasteiger charge is 2.14. The van der Waals surface area contributed by atoms with E-state index >= 15 is 0 Å². The molecular formula is C18H26N4O3. The van der Waals surface area contributed by atoms with Crippen LogP contribution in [0.4, 0.5) is 5.69 Å². The molecule has 7 heteroatoms. The Morgan fingerprint density at radius 1 is 1.24 bits per heavy atom. The molecule has 7 nitrogen and oxygen atoms in total. The molecular weight excluding hydrogens is 320 g/mol. The maximum absolute atomic E-state index is 11.9. The monoisotopic (exact) mass is 346 g/mol. The molecule has 0 spiro atoms. The molecule has 1 aromatic carbocycles. The second-order valence-electron chi connectivity index (χ2n) is 6.41. The first-order chi connectivity index (χ1) is 11.9. The fourth-order valence-corrected chi connectivity index (χ4v) is 2.33. The Morgan fingerprint density at radius 3 is 2.72 bits per heavy atom. The summed E-state index contributed by atoms with van der Waals surface area (Å²) in [6, 6.07) is 5.59. The molecule has 0 fully saturated rings. The summed E-state index contributed by atoms with van der Waals surface area (Å²) in [6.07, 6.45) is 1.80. The maximum atomic E-state index is 11.9. The Kier molecular flexibility index (Phi) is 6.52. The summed E-state index contributed by atoms with van der Waals surface area (Å²) in [7, 11) is 2.07. The number of anilines is 1. The van der Waals surface area contributed by atoms with Gasteiger partial charge < -0.3 is 20.0 Å². The number of hydrogen-bond acceptors (Lipinski definition) is 5. The minimum absolute atomic E-state index is 0.485. The lowest BCUT2D eigenvalue weighted by atomic mass is 10.2. The van der Waals surface area contributed by atoms with Crippen LogP contribution in [-0.2, 0) is 9.59 Å². The second kappa shape index (κ2) is 8.62. The van der Waals surface area contributed by atoms with E-state index in [1.165, 1.54) is 0 Å². The third-order valence-corrected chi connectivity index (χ3v) is 4.06. The van der Waals surface area contributed by atoms with Crippen molar-refractivity contribution in [2.24, 2.45) is 0 Å². The van der Waals surface area contributed by atoms with Gasteiger partial charge in [0.15, 0.2) is 11.5 Å². The van der Waals surface area contributed by atoms with Gasteiger partial charge in [0.25, 0.3) is 0 Å². The van der Waals surface area contributed by atoms with Crippen LogP contribution in [0.3, 0.4) is 0 Å². The summed E-state index contributed by atoms with van der Waals surface area (Å²) in [5.41, 5.74) is 1.79. The minimum Gasteiger partial charge on any atom is -0.441 e. The molecule has 0 radical (unpaired) electrons. The molecule has 136 valence electrons.